The molecule has 1 N–H and O–H groups in total. The number of hydrogen-bond donors (Lipinski definition) is 1. The van der Waals surface area contributed by atoms with Crippen LogP contribution < -0.4 is 0 Å². The highest BCUT2D eigenvalue weighted by Gasteiger charge is 2.48. The second-order valence-electron chi connectivity index (χ2n) is 9.46. The topological polar surface area (TPSA) is 53.0 Å². The minimum atomic E-state index is -4.60. The van der Waals surface area contributed by atoms with Gasteiger partial charge < -0.3 is 14.7 Å². The van der Waals surface area contributed by atoms with Crippen molar-refractivity contribution in [3.63, 3.8) is 0 Å². The number of alkyl halides is 3. The first-order chi connectivity index (χ1) is 14.4. The predicted molar refractivity (Wildman–Crippen MR) is 107 cm³/mol. The van der Waals surface area contributed by atoms with E-state index in [0.717, 1.165) is 18.2 Å². The molecule has 2 atom stereocenters. The molecule has 0 bridgehead atoms. The Balaban J connectivity index is 2.02. The molecule has 31 heavy (non-hydrogen) atoms. The van der Waals surface area contributed by atoms with Gasteiger partial charge in [-0.05, 0) is 48.4 Å². The number of hydrogen-bond acceptors (Lipinski definition) is 3. The van der Waals surface area contributed by atoms with Crippen molar-refractivity contribution in [1.82, 2.24) is 9.80 Å². The maximum absolute atomic E-state index is 13.9. The highest BCUT2D eigenvalue weighted by Crippen LogP contribution is 2.40. The summed E-state index contributed by atoms with van der Waals surface area (Å²) in [6.07, 6.45) is -3.84. The second-order valence-corrected chi connectivity index (χ2v) is 9.46. The van der Waals surface area contributed by atoms with E-state index in [1.54, 1.807) is 0 Å². The Kier molecular flexibility index (Phi) is 6.86. The molecule has 2 fully saturated rings. The molecule has 174 valence electrons. The third kappa shape index (κ3) is 5.31. The highest BCUT2D eigenvalue weighted by atomic mass is 19.4. The second kappa shape index (κ2) is 8.94. The third-order valence-corrected chi connectivity index (χ3v) is 6.31. The van der Waals surface area contributed by atoms with Crippen LogP contribution in [0.15, 0.2) is 18.2 Å². The summed E-state index contributed by atoms with van der Waals surface area (Å²) in [5, 5.41) is 9.72. The first-order valence-corrected chi connectivity index (χ1v) is 10.6. The van der Waals surface area contributed by atoms with Crippen LogP contribution in [0.5, 0.6) is 0 Å². The van der Waals surface area contributed by atoms with Crippen molar-refractivity contribution in [2.24, 2.45) is 5.41 Å². The molecule has 1 aromatic rings. The zero-order chi connectivity index (χ0) is 23.0. The summed E-state index contributed by atoms with van der Waals surface area (Å²) in [6, 6.07) is 1.82. The summed E-state index contributed by atoms with van der Waals surface area (Å²) in [5.74, 6) is -0.721. The lowest BCUT2D eigenvalue weighted by atomic mass is 9.81. The molecule has 1 unspecified atom stereocenters. The predicted octanol–water partition coefficient (Wildman–Crippen LogP) is 4.99. The number of ether oxygens (including phenoxy) is 1. The van der Waals surface area contributed by atoms with Crippen LogP contribution in [0.1, 0.15) is 51.2 Å². The average molecular weight is 446 g/mol. The molecule has 5 nitrogen and oxygen atoms in total. The standard InChI is InChI=1S/C22H30F4N2O3/c1-21(2,3)19-18(6-9-27(19)20(29)30)28(16-7-10-31-11-8-16)13-14-12-15(23)4-5-17(14)22(24,25)26/h4-5,12,16,18-19H,6-11,13H2,1-3H3,(H,29,30)/t18-,19?/m0/s1. The fourth-order valence-electron chi connectivity index (χ4n) is 5.08. The van der Waals surface area contributed by atoms with Crippen LogP contribution in [0.4, 0.5) is 22.4 Å². The lowest BCUT2D eigenvalue weighted by Gasteiger charge is -2.45. The zero-order valence-electron chi connectivity index (χ0n) is 18.1. The third-order valence-electron chi connectivity index (χ3n) is 6.31. The number of carboxylic acid groups (broad SMARTS) is 1. The molecule has 2 heterocycles. The quantitative estimate of drug-likeness (QED) is 0.662. The van der Waals surface area contributed by atoms with E-state index in [1.807, 2.05) is 25.7 Å². The van der Waals surface area contributed by atoms with Gasteiger partial charge in [-0.2, -0.15) is 13.2 Å². The molecule has 2 aliphatic rings. The van der Waals surface area contributed by atoms with Crippen molar-refractivity contribution in [1.29, 1.82) is 0 Å². The number of benzene rings is 1. The summed E-state index contributed by atoms with van der Waals surface area (Å²) in [4.78, 5) is 15.3. The molecule has 0 spiro atoms. The molecule has 9 heteroatoms. The van der Waals surface area contributed by atoms with Crippen LogP contribution in [0.25, 0.3) is 0 Å². The van der Waals surface area contributed by atoms with Gasteiger partial charge in [-0.1, -0.05) is 20.8 Å². The molecular formula is C22H30F4N2O3. The fourth-order valence-corrected chi connectivity index (χ4v) is 5.08. The SMILES string of the molecule is CC(C)(C)C1[C@@H](N(Cc2cc(F)ccc2C(F)(F)F)C2CCOCC2)CCN1C(=O)O. The molecule has 2 aliphatic heterocycles. The summed E-state index contributed by atoms with van der Waals surface area (Å²) in [5.41, 5.74) is -1.40. The summed E-state index contributed by atoms with van der Waals surface area (Å²) in [7, 11) is 0. The van der Waals surface area contributed by atoms with Crippen LogP contribution in [-0.4, -0.2) is 58.9 Å². The van der Waals surface area contributed by atoms with E-state index in [4.69, 9.17) is 4.74 Å². The van der Waals surface area contributed by atoms with Crippen molar-refractivity contribution >= 4 is 6.09 Å². The van der Waals surface area contributed by atoms with Crippen molar-refractivity contribution < 1.29 is 32.2 Å². The smallest absolute Gasteiger partial charge is 0.416 e. The summed E-state index contributed by atoms with van der Waals surface area (Å²) < 4.78 is 60.3. The molecular weight excluding hydrogens is 416 g/mol. The molecule has 3 rings (SSSR count). The van der Waals surface area contributed by atoms with Gasteiger partial charge in [0.25, 0.3) is 0 Å². The molecule has 0 saturated carbocycles. The van der Waals surface area contributed by atoms with Gasteiger partial charge in [0.05, 0.1) is 11.6 Å². The normalized spacial score (nSPS) is 23.5. The monoisotopic (exact) mass is 446 g/mol. The van der Waals surface area contributed by atoms with Gasteiger partial charge in [0.2, 0.25) is 0 Å². The van der Waals surface area contributed by atoms with Gasteiger partial charge in [-0.3, -0.25) is 4.90 Å². The lowest BCUT2D eigenvalue weighted by molar-refractivity contribution is -0.138. The van der Waals surface area contributed by atoms with Gasteiger partial charge in [0.1, 0.15) is 5.82 Å². The van der Waals surface area contributed by atoms with Crippen molar-refractivity contribution in [2.75, 3.05) is 19.8 Å². The number of carbonyl (C=O) groups is 1. The maximum Gasteiger partial charge on any atom is 0.416 e. The van der Waals surface area contributed by atoms with Crippen LogP contribution >= 0.6 is 0 Å². The molecule has 2 saturated heterocycles. The Morgan fingerprint density at radius 1 is 1.19 bits per heavy atom. The lowest BCUT2D eigenvalue weighted by Crippen LogP contribution is -2.56. The first kappa shape index (κ1) is 23.8. The summed E-state index contributed by atoms with van der Waals surface area (Å²) >= 11 is 0. The Morgan fingerprint density at radius 2 is 1.84 bits per heavy atom. The molecule has 0 radical (unpaired) electrons. The zero-order valence-corrected chi connectivity index (χ0v) is 18.1. The number of amides is 1. The van der Waals surface area contributed by atoms with Crippen LogP contribution in [0.3, 0.4) is 0 Å². The van der Waals surface area contributed by atoms with Crippen LogP contribution in [0.2, 0.25) is 0 Å². The van der Waals surface area contributed by atoms with E-state index in [0.29, 0.717) is 39.0 Å². The van der Waals surface area contributed by atoms with Gasteiger partial charge in [0, 0.05) is 38.4 Å². The molecule has 0 aromatic heterocycles. The van der Waals surface area contributed by atoms with Crippen molar-refractivity contribution in [2.45, 2.75) is 70.9 Å². The van der Waals surface area contributed by atoms with Crippen LogP contribution in [-0.2, 0) is 17.5 Å². The highest BCUT2D eigenvalue weighted by molar-refractivity contribution is 5.66. The average Bonchev–Trinajstić information content (AvgIpc) is 3.11. The van der Waals surface area contributed by atoms with Gasteiger partial charge in [0.15, 0.2) is 0 Å². The Labute approximate surface area is 180 Å². The summed E-state index contributed by atoms with van der Waals surface area (Å²) in [6.45, 7) is 7.03. The van der Waals surface area contributed by atoms with Gasteiger partial charge in [-0.25, -0.2) is 9.18 Å². The molecule has 0 aliphatic carbocycles. The van der Waals surface area contributed by atoms with E-state index in [2.05, 4.69) is 0 Å². The molecule has 1 aromatic carbocycles. The Bertz CT molecular complexity index is 788. The first-order valence-electron chi connectivity index (χ1n) is 10.6. The minimum Gasteiger partial charge on any atom is -0.465 e. The van der Waals surface area contributed by atoms with Crippen molar-refractivity contribution in [3.8, 4) is 0 Å². The van der Waals surface area contributed by atoms with Gasteiger partial charge in [-0.15, -0.1) is 0 Å². The molecule has 1 amide bonds. The van der Waals surface area contributed by atoms with Crippen LogP contribution in [0, 0.1) is 11.2 Å². The minimum absolute atomic E-state index is 0.0679. The number of nitrogens with zero attached hydrogens (tertiary/aromatic N) is 2. The fraction of sp³-hybridized carbons (Fsp3) is 0.682. The maximum atomic E-state index is 13.9. The Morgan fingerprint density at radius 3 is 2.39 bits per heavy atom. The van der Waals surface area contributed by atoms with E-state index in [9.17, 15) is 27.5 Å². The largest absolute Gasteiger partial charge is 0.465 e. The van der Waals surface area contributed by atoms with E-state index < -0.39 is 35.1 Å². The van der Waals surface area contributed by atoms with E-state index >= 15 is 0 Å². The van der Waals surface area contributed by atoms with E-state index in [1.165, 1.54) is 4.90 Å². The number of halogens is 4. The number of likely N-dealkylation sites (tertiary alicyclic amines) is 1. The van der Waals surface area contributed by atoms with E-state index in [-0.39, 0.29) is 24.2 Å². The van der Waals surface area contributed by atoms with Gasteiger partial charge >= 0.3 is 12.3 Å². The Hall–Kier alpha value is -1.87. The number of rotatable bonds is 4. The van der Waals surface area contributed by atoms with Crippen molar-refractivity contribution in [3.05, 3.63) is 35.1 Å².